The van der Waals surface area contributed by atoms with Crippen molar-refractivity contribution >= 4 is 21.8 Å². The summed E-state index contributed by atoms with van der Waals surface area (Å²) in [7, 11) is 0. The first-order chi connectivity index (χ1) is 9.11. The Balaban J connectivity index is 2.86. The Labute approximate surface area is 124 Å². The van der Waals surface area contributed by atoms with Crippen LogP contribution in [0, 0.1) is 0 Å². The summed E-state index contributed by atoms with van der Waals surface area (Å²) in [5.41, 5.74) is 1.13. The van der Waals surface area contributed by atoms with Crippen molar-refractivity contribution in [3.63, 3.8) is 0 Å². The third kappa shape index (κ3) is 4.62. The number of rotatable bonds is 7. The number of hydrogen-bond acceptors (Lipinski definition) is 2. The Morgan fingerprint density at radius 3 is 2.63 bits per heavy atom. The number of carbonyl (C=O) groups excluding carboxylic acids is 1. The van der Waals surface area contributed by atoms with Gasteiger partial charge in [-0.15, -0.1) is 0 Å². The highest BCUT2D eigenvalue weighted by Crippen LogP contribution is 2.27. The molecule has 0 saturated heterocycles. The molecule has 0 aliphatic carbocycles. The van der Waals surface area contributed by atoms with Crippen molar-refractivity contribution in [1.82, 2.24) is 4.90 Å². The number of amides is 1. The van der Waals surface area contributed by atoms with Crippen LogP contribution >= 0.6 is 15.9 Å². The van der Waals surface area contributed by atoms with Gasteiger partial charge in [0.1, 0.15) is 6.61 Å². The van der Waals surface area contributed by atoms with Crippen LogP contribution in [0.3, 0.4) is 0 Å². The van der Waals surface area contributed by atoms with Crippen LogP contribution < -0.4 is 0 Å². The van der Waals surface area contributed by atoms with Gasteiger partial charge in [0, 0.05) is 17.6 Å². The first-order valence-corrected chi connectivity index (χ1v) is 7.52. The van der Waals surface area contributed by atoms with Gasteiger partial charge in [-0.2, -0.15) is 0 Å². The van der Waals surface area contributed by atoms with Gasteiger partial charge >= 0.3 is 0 Å². The molecule has 0 fully saturated rings. The molecule has 0 N–H and O–H groups in total. The molecule has 0 aliphatic rings. The van der Waals surface area contributed by atoms with Crippen LogP contribution in [0.2, 0.25) is 0 Å². The molecule has 1 amide bonds. The van der Waals surface area contributed by atoms with Crippen molar-refractivity contribution in [3.8, 4) is 0 Å². The van der Waals surface area contributed by atoms with Crippen molar-refractivity contribution in [2.24, 2.45) is 0 Å². The Morgan fingerprint density at radius 2 is 2.05 bits per heavy atom. The van der Waals surface area contributed by atoms with Crippen LogP contribution in [-0.2, 0) is 9.53 Å². The Bertz CT molecular complexity index is 409. The molecule has 0 bridgehead atoms. The van der Waals surface area contributed by atoms with Crippen molar-refractivity contribution in [3.05, 3.63) is 34.3 Å². The van der Waals surface area contributed by atoms with Crippen LogP contribution in [-0.4, -0.2) is 30.6 Å². The largest absolute Gasteiger partial charge is 0.372 e. The fourth-order valence-electron chi connectivity index (χ4n) is 2.03. The highest BCUT2D eigenvalue weighted by molar-refractivity contribution is 9.10. The van der Waals surface area contributed by atoms with E-state index in [0.29, 0.717) is 6.61 Å². The van der Waals surface area contributed by atoms with E-state index in [4.69, 9.17) is 4.74 Å². The maximum atomic E-state index is 12.2. The van der Waals surface area contributed by atoms with E-state index in [2.05, 4.69) is 29.8 Å². The molecule has 0 spiro atoms. The Hall–Kier alpha value is -0.870. The van der Waals surface area contributed by atoms with Crippen LogP contribution in [0.1, 0.15) is 38.8 Å². The molecule has 1 rings (SSSR count). The van der Waals surface area contributed by atoms with Crippen LogP contribution in [0.15, 0.2) is 28.7 Å². The summed E-state index contributed by atoms with van der Waals surface area (Å²) in [6.07, 6.45) is 0.937. The standard InChI is InChI=1S/C15H22BrNO2/c1-4-10-17(15(18)11-19-5-2)12(3)13-8-6-7-9-14(13)16/h6-9,12H,4-5,10-11H2,1-3H3. The molecule has 0 aromatic heterocycles. The minimum absolute atomic E-state index is 0.0449. The molecule has 1 unspecified atom stereocenters. The molecular weight excluding hydrogens is 306 g/mol. The lowest BCUT2D eigenvalue weighted by atomic mass is 10.1. The minimum Gasteiger partial charge on any atom is -0.372 e. The maximum Gasteiger partial charge on any atom is 0.249 e. The van der Waals surface area contributed by atoms with Gasteiger partial charge in [-0.3, -0.25) is 4.79 Å². The molecule has 1 aromatic carbocycles. The number of benzene rings is 1. The zero-order valence-electron chi connectivity index (χ0n) is 11.9. The Kier molecular flexibility index (Phi) is 7.10. The summed E-state index contributed by atoms with van der Waals surface area (Å²) in [5, 5.41) is 0. The molecule has 106 valence electrons. The van der Waals surface area contributed by atoms with Crippen molar-refractivity contribution in [2.75, 3.05) is 19.8 Å². The normalized spacial score (nSPS) is 12.2. The van der Waals surface area contributed by atoms with E-state index in [1.54, 1.807) is 0 Å². The predicted octanol–water partition coefficient (Wildman–Crippen LogP) is 3.79. The average molecular weight is 328 g/mol. The third-order valence-corrected chi connectivity index (χ3v) is 3.76. The SMILES string of the molecule is CCCN(C(=O)COCC)C(C)c1ccccc1Br. The molecule has 1 atom stereocenters. The first-order valence-electron chi connectivity index (χ1n) is 6.73. The lowest BCUT2D eigenvalue weighted by Crippen LogP contribution is -2.37. The molecule has 0 saturated carbocycles. The Morgan fingerprint density at radius 1 is 1.37 bits per heavy atom. The van der Waals surface area contributed by atoms with Gasteiger partial charge in [0.15, 0.2) is 0 Å². The van der Waals surface area contributed by atoms with Gasteiger partial charge in [-0.05, 0) is 31.9 Å². The van der Waals surface area contributed by atoms with E-state index in [0.717, 1.165) is 23.0 Å². The van der Waals surface area contributed by atoms with Gasteiger partial charge in [0.25, 0.3) is 0 Å². The van der Waals surface area contributed by atoms with Crippen molar-refractivity contribution in [1.29, 1.82) is 0 Å². The van der Waals surface area contributed by atoms with Crippen molar-refractivity contribution < 1.29 is 9.53 Å². The van der Waals surface area contributed by atoms with Crippen LogP contribution in [0.25, 0.3) is 0 Å². The van der Waals surface area contributed by atoms with E-state index >= 15 is 0 Å². The predicted molar refractivity (Wildman–Crippen MR) is 81.1 cm³/mol. The number of halogens is 1. The fraction of sp³-hybridized carbons (Fsp3) is 0.533. The number of ether oxygens (including phenoxy) is 1. The third-order valence-electron chi connectivity index (χ3n) is 3.04. The quantitative estimate of drug-likeness (QED) is 0.762. The number of nitrogens with zero attached hydrogens (tertiary/aromatic N) is 1. The summed E-state index contributed by atoms with van der Waals surface area (Å²) in [6.45, 7) is 7.50. The molecule has 3 nitrogen and oxygen atoms in total. The topological polar surface area (TPSA) is 29.5 Å². The molecule has 0 radical (unpaired) electrons. The smallest absolute Gasteiger partial charge is 0.249 e. The van der Waals surface area contributed by atoms with Crippen LogP contribution in [0.4, 0.5) is 0 Å². The summed E-state index contributed by atoms with van der Waals surface area (Å²) in [4.78, 5) is 14.1. The van der Waals surface area contributed by atoms with E-state index in [1.807, 2.05) is 36.1 Å². The second-order valence-electron chi connectivity index (χ2n) is 4.42. The highest BCUT2D eigenvalue weighted by Gasteiger charge is 2.21. The van der Waals surface area contributed by atoms with Gasteiger partial charge < -0.3 is 9.64 Å². The molecule has 1 aromatic rings. The van der Waals surface area contributed by atoms with Crippen molar-refractivity contribution in [2.45, 2.75) is 33.2 Å². The fourth-order valence-corrected chi connectivity index (χ4v) is 2.65. The second-order valence-corrected chi connectivity index (χ2v) is 5.28. The van der Waals surface area contributed by atoms with Gasteiger partial charge in [0.05, 0.1) is 6.04 Å². The van der Waals surface area contributed by atoms with E-state index in [9.17, 15) is 4.79 Å². The summed E-state index contributed by atoms with van der Waals surface area (Å²) >= 11 is 3.55. The van der Waals surface area contributed by atoms with Gasteiger partial charge in [-0.1, -0.05) is 41.1 Å². The van der Waals surface area contributed by atoms with Gasteiger partial charge in [-0.25, -0.2) is 0 Å². The monoisotopic (exact) mass is 327 g/mol. The minimum atomic E-state index is 0.0449. The maximum absolute atomic E-state index is 12.2. The van der Waals surface area contributed by atoms with E-state index in [1.165, 1.54) is 0 Å². The van der Waals surface area contributed by atoms with E-state index in [-0.39, 0.29) is 18.6 Å². The lowest BCUT2D eigenvalue weighted by molar-refractivity contribution is -0.138. The molecule has 0 heterocycles. The zero-order valence-corrected chi connectivity index (χ0v) is 13.4. The average Bonchev–Trinajstić information content (AvgIpc) is 2.42. The molecule has 4 heteroatoms. The zero-order chi connectivity index (χ0) is 14.3. The molecular formula is C15H22BrNO2. The lowest BCUT2D eigenvalue weighted by Gasteiger charge is -2.30. The first kappa shape index (κ1) is 16.2. The summed E-state index contributed by atoms with van der Waals surface area (Å²) in [6, 6.07) is 8.07. The second kappa shape index (κ2) is 8.33. The van der Waals surface area contributed by atoms with E-state index < -0.39 is 0 Å². The molecule has 19 heavy (non-hydrogen) atoms. The number of carbonyl (C=O) groups is 1. The van der Waals surface area contributed by atoms with Gasteiger partial charge in [0.2, 0.25) is 5.91 Å². The van der Waals surface area contributed by atoms with Crippen LogP contribution in [0.5, 0.6) is 0 Å². The summed E-state index contributed by atoms with van der Waals surface area (Å²) in [5.74, 6) is 0.0481. The summed E-state index contributed by atoms with van der Waals surface area (Å²) < 4.78 is 6.27. The molecule has 0 aliphatic heterocycles. The highest BCUT2D eigenvalue weighted by atomic mass is 79.9. The number of hydrogen-bond donors (Lipinski definition) is 0.